The zero-order chi connectivity index (χ0) is 14.7. The lowest BCUT2D eigenvalue weighted by Gasteiger charge is -2.23. The molecule has 6 N–H and O–H groups in total. The fourth-order valence-corrected chi connectivity index (χ4v) is 2.00. The zero-order valence-electron chi connectivity index (χ0n) is 11.2. The van der Waals surface area contributed by atoms with Crippen LogP contribution in [0.15, 0.2) is 66.1 Å². The van der Waals surface area contributed by atoms with E-state index < -0.39 is 0 Å². The van der Waals surface area contributed by atoms with Crippen LogP contribution in [0.3, 0.4) is 0 Å². The first-order valence-corrected chi connectivity index (χ1v) is 6.48. The van der Waals surface area contributed by atoms with Crippen LogP contribution < -0.4 is 27.2 Å². The largest absolute Gasteiger partial charge is 0.383 e. The number of carbonyl (C=O) groups excluding carboxylic acids is 1. The highest BCUT2D eigenvalue weighted by Crippen LogP contribution is 2.27. The van der Waals surface area contributed by atoms with Crippen molar-refractivity contribution >= 4 is 23.0 Å². The van der Waals surface area contributed by atoms with Crippen LogP contribution in [0, 0.1) is 0 Å². The van der Waals surface area contributed by atoms with Crippen LogP contribution in [0.5, 0.6) is 0 Å². The molecule has 0 saturated carbocycles. The standard InChI is InChI=1S/C15H15N5O/c16-14-13(17-11-8-4-5-9-12(11)18-14)15(21)20-19-10-6-2-1-3-7-10/h1-9,17-19H,16H2,(H,20,21). The normalized spacial score (nSPS) is 12.8. The Morgan fingerprint density at radius 1 is 0.905 bits per heavy atom. The fraction of sp³-hybridized carbons (Fsp3) is 0. The third kappa shape index (κ3) is 2.74. The Kier molecular flexibility index (Phi) is 3.34. The van der Waals surface area contributed by atoms with Crippen LogP contribution in [-0.4, -0.2) is 5.91 Å². The minimum Gasteiger partial charge on any atom is -0.383 e. The minimum atomic E-state index is -0.349. The van der Waals surface area contributed by atoms with Crippen molar-refractivity contribution in [2.45, 2.75) is 0 Å². The second kappa shape index (κ2) is 5.46. The Balaban J connectivity index is 1.70. The lowest BCUT2D eigenvalue weighted by Crippen LogP contribution is -2.37. The maximum Gasteiger partial charge on any atom is 0.289 e. The summed E-state index contributed by atoms with van der Waals surface area (Å²) in [6.07, 6.45) is 0. The van der Waals surface area contributed by atoms with Crippen molar-refractivity contribution in [3.8, 4) is 0 Å². The lowest BCUT2D eigenvalue weighted by molar-refractivity contribution is -0.116. The van der Waals surface area contributed by atoms with Gasteiger partial charge in [0.1, 0.15) is 11.5 Å². The molecule has 1 heterocycles. The molecule has 0 spiro atoms. The molecule has 0 saturated heterocycles. The molecule has 0 unspecified atom stereocenters. The van der Waals surface area contributed by atoms with Crippen LogP contribution in [0.2, 0.25) is 0 Å². The molecular weight excluding hydrogens is 266 g/mol. The van der Waals surface area contributed by atoms with E-state index in [0.717, 1.165) is 17.1 Å². The number of fused-ring (bicyclic) bond motifs is 1. The maximum atomic E-state index is 12.2. The van der Waals surface area contributed by atoms with Gasteiger partial charge < -0.3 is 16.4 Å². The van der Waals surface area contributed by atoms with Crippen LogP contribution in [-0.2, 0) is 4.79 Å². The first-order chi connectivity index (χ1) is 10.2. The van der Waals surface area contributed by atoms with Crippen molar-refractivity contribution in [3.63, 3.8) is 0 Å². The van der Waals surface area contributed by atoms with Crippen LogP contribution >= 0.6 is 0 Å². The van der Waals surface area contributed by atoms with Gasteiger partial charge in [-0.15, -0.1) is 0 Å². The van der Waals surface area contributed by atoms with Gasteiger partial charge in [0.25, 0.3) is 5.91 Å². The highest BCUT2D eigenvalue weighted by atomic mass is 16.2. The summed E-state index contributed by atoms with van der Waals surface area (Å²) in [5, 5.41) is 6.02. The van der Waals surface area contributed by atoms with Crippen molar-refractivity contribution < 1.29 is 4.79 Å². The van der Waals surface area contributed by atoms with Crippen molar-refractivity contribution in [2.24, 2.45) is 5.73 Å². The van der Waals surface area contributed by atoms with E-state index in [2.05, 4.69) is 21.5 Å². The number of rotatable bonds is 3. The Morgan fingerprint density at radius 3 is 2.24 bits per heavy atom. The summed E-state index contributed by atoms with van der Waals surface area (Å²) >= 11 is 0. The van der Waals surface area contributed by atoms with Gasteiger partial charge in [-0.3, -0.25) is 15.6 Å². The predicted molar refractivity (Wildman–Crippen MR) is 83.1 cm³/mol. The summed E-state index contributed by atoms with van der Waals surface area (Å²) in [5.41, 5.74) is 14.0. The van der Waals surface area contributed by atoms with E-state index in [0.29, 0.717) is 0 Å². The van der Waals surface area contributed by atoms with Crippen molar-refractivity contribution in [1.82, 2.24) is 5.43 Å². The molecule has 106 valence electrons. The molecule has 21 heavy (non-hydrogen) atoms. The molecular formula is C15H15N5O. The van der Waals surface area contributed by atoms with Gasteiger partial charge in [0.05, 0.1) is 17.1 Å². The lowest BCUT2D eigenvalue weighted by atomic mass is 10.2. The van der Waals surface area contributed by atoms with Crippen LogP contribution in [0.1, 0.15) is 0 Å². The number of nitrogens with two attached hydrogens (primary N) is 1. The number of hydrogen-bond acceptors (Lipinski definition) is 5. The van der Waals surface area contributed by atoms with Crippen molar-refractivity contribution in [3.05, 3.63) is 66.1 Å². The average Bonchev–Trinajstić information content (AvgIpc) is 2.53. The SMILES string of the molecule is NC1=C(C(=O)NNc2ccccc2)Nc2ccccc2N1. The molecule has 6 heteroatoms. The van der Waals surface area contributed by atoms with Crippen LogP contribution in [0.25, 0.3) is 0 Å². The second-order valence-corrected chi connectivity index (χ2v) is 4.53. The monoisotopic (exact) mass is 281 g/mol. The second-order valence-electron chi connectivity index (χ2n) is 4.53. The number of nitrogens with one attached hydrogen (secondary N) is 4. The van der Waals surface area contributed by atoms with Gasteiger partial charge in [-0.2, -0.15) is 0 Å². The van der Waals surface area contributed by atoms with E-state index in [-0.39, 0.29) is 17.4 Å². The number of para-hydroxylation sites is 3. The smallest absolute Gasteiger partial charge is 0.289 e. The van der Waals surface area contributed by atoms with Gasteiger partial charge in [0.15, 0.2) is 0 Å². The molecule has 0 aromatic heterocycles. The molecule has 0 bridgehead atoms. The van der Waals surface area contributed by atoms with Gasteiger partial charge in [0, 0.05) is 0 Å². The third-order valence-electron chi connectivity index (χ3n) is 3.05. The molecule has 3 rings (SSSR count). The number of benzene rings is 2. The molecule has 1 aliphatic heterocycles. The van der Waals surface area contributed by atoms with E-state index in [9.17, 15) is 4.79 Å². The Labute approximate surface area is 122 Å². The molecule has 1 aliphatic rings. The summed E-state index contributed by atoms with van der Waals surface area (Å²) < 4.78 is 0. The molecule has 2 aromatic rings. The Hall–Kier alpha value is -3.15. The zero-order valence-corrected chi connectivity index (χ0v) is 11.2. The van der Waals surface area contributed by atoms with E-state index in [4.69, 9.17) is 5.73 Å². The summed E-state index contributed by atoms with van der Waals surface area (Å²) in [6, 6.07) is 16.9. The van der Waals surface area contributed by atoms with Gasteiger partial charge in [-0.1, -0.05) is 30.3 Å². The van der Waals surface area contributed by atoms with Crippen molar-refractivity contribution in [1.29, 1.82) is 0 Å². The number of carbonyl (C=O) groups is 1. The minimum absolute atomic E-state index is 0.275. The topological polar surface area (TPSA) is 91.2 Å². The van der Waals surface area contributed by atoms with Crippen LogP contribution in [0.4, 0.5) is 17.1 Å². The maximum absolute atomic E-state index is 12.2. The number of hydrogen-bond donors (Lipinski definition) is 5. The Bertz CT molecular complexity index is 696. The number of amides is 1. The fourth-order valence-electron chi connectivity index (χ4n) is 2.00. The molecule has 2 aromatic carbocycles. The molecule has 0 atom stereocenters. The van der Waals surface area contributed by atoms with E-state index >= 15 is 0 Å². The molecule has 0 radical (unpaired) electrons. The first-order valence-electron chi connectivity index (χ1n) is 6.48. The van der Waals surface area contributed by atoms with E-state index in [1.165, 1.54) is 0 Å². The quantitative estimate of drug-likeness (QED) is 0.553. The van der Waals surface area contributed by atoms with Gasteiger partial charge >= 0.3 is 0 Å². The number of hydrazine groups is 1. The Morgan fingerprint density at radius 2 is 1.52 bits per heavy atom. The molecule has 0 fully saturated rings. The highest BCUT2D eigenvalue weighted by Gasteiger charge is 2.20. The van der Waals surface area contributed by atoms with Gasteiger partial charge in [-0.25, -0.2) is 0 Å². The average molecular weight is 281 g/mol. The first kappa shape index (κ1) is 12.9. The van der Waals surface area contributed by atoms with Gasteiger partial charge in [-0.05, 0) is 24.3 Å². The third-order valence-corrected chi connectivity index (χ3v) is 3.05. The molecule has 1 amide bonds. The summed E-state index contributed by atoms with van der Waals surface area (Å²) in [4.78, 5) is 12.2. The summed E-state index contributed by atoms with van der Waals surface area (Å²) in [5.74, 6) is -0.0700. The highest BCUT2D eigenvalue weighted by molar-refractivity contribution is 6.00. The van der Waals surface area contributed by atoms with Crippen molar-refractivity contribution in [2.75, 3.05) is 16.1 Å². The summed E-state index contributed by atoms with van der Waals surface area (Å²) in [7, 11) is 0. The van der Waals surface area contributed by atoms with Gasteiger partial charge in [0.2, 0.25) is 0 Å². The summed E-state index contributed by atoms with van der Waals surface area (Å²) in [6.45, 7) is 0. The predicted octanol–water partition coefficient (Wildman–Crippen LogP) is 1.80. The van der Waals surface area contributed by atoms with E-state index in [1.807, 2.05) is 54.6 Å². The van der Waals surface area contributed by atoms with E-state index in [1.54, 1.807) is 0 Å². The molecule has 6 nitrogen and oxygen atoms in total. The number of anilines is 3. The molecule has 0 aliphatic carbocycles.